The monoisotopic (exact) mass is 283 g/mol. The lowest BCUT2D eigenvalue weighted by Gasteiger charge is -2.35. The molecule has 0 aromatic rings. The Morgan fingerprint density at radius 3 is 2.35 bits per heavy atom. The number of nitrogens with two attached hydrogens (primary N) is 1. The van der Waals surface area contributed by atoms with Crippen LogP contribution in [-0.4, -0.2) is 53.1 Å². The Balaban J connectivity index is 1.87. The molecule has 114 valence electrons. The van der Waals surface area contributed by atoms with Gasteiger partial charge in [0.05, 0.1) is 6.54 Å². The molecule has 0 spiro atoms. The van der Waals surface area contributed by atoms with Crippen molar-refractivity contribution < 1.29 is 14.7 Å². The van der Waals surface area contributed by atoms with Gasteiger partial charge in [0.15, 0.2) is 0 Å². The van der Waals surface area contributed by atoms with E-state index in [0.717, 1.165) is 45.2 Å². The van der Waals surface area contributed by atoms with Gasteiger partial charge in [0, 0.05) is 19.1 Å². The van der Waals surface area contributed by atoms with E-state index in [2.05, 4.69) is 10.2 Å². The number of carbonyl (C=O) groups is 2. The number of piperidine rings is 1. The molecule has 1 saturated heterocycles. The van der Waals surface area contributed by atoms with Crippen LogP contribution in [0.4, 0.5) is 0 Å². The Morgan fingerprint density at radius 2 is 1.80 bits per heavy atom. The van der Waals surface area contributed by atoms with E-state index in [4.69, 9.17) is 5.73 Å². The van der Waals surface area contributed by atoms with Gasteiger partial charge in [-0.1, -0.05) is 19.3 Å². The summed E-state index contributed by atoms with van der Waals surface area (Å²) in [6, 6.07) is 0.234. The summed E-state index contributed by atoms with van der Waals surface area (Å²) in [5.41, 5.74) is 4.79. The van der Waals surface area contributed by atoms with Crippen molar-refractivity contribution in [1.29, 1.82) is 0 Å². The standard InChI is InChI=1S/C14H25N3O3/c15-11-4-8-17(9-5-11)10-12(18)16-14(13(19)20)6-2-1-3-7-14/h11H,1-10,15H2,(H,16,18)(H,19,20). The first kappa shape index (κ1) is 15.3. The third-order valence-corrected chi connectivity index (χ3v) is 4.49. The number of likely N-dealkylation sites (tertiary alicyclic amines) is 1. The van der Waals surface area contributed by atoms with Gasteiger partial charge in [-0.25, -0.2) is 4.79 Å². The fraction of sp³-hybridized carbons (Fsp3) is 0.857. The predicted molar refractivity (Wildman–Crippen MR) is 75.2 cm³/mol. The Bertz CT molecular complexity index is 359. The molecule has 20 heavy (non-hydrogen) atoms. The van der Waals surface area contributed by atoms with Crippen LogP contribution in [0.3, 0.4) is 0 Å². The van der Waals surface area contributed by atoms with Gasteiger partial charge in [-0.3, -0.25) is 9.69 Å². The largest absolute Gasteiger partial charge is 0.480 e. The van der Waals surface area contributed by atoms with Gasteiger partial charge in [0.1, 0.15) is 5.54 Å². The molecular formula is C14H25N3O3. The quantitative estimate of drug-likeness (QED) is 0.690. The van der Waals surface area contributed by atoms with E-state index >= 15 is 0 Å². The van der Waals surface area contributed by atoms with Gasteiger partial charge in [-0.2, -0.15) is 0 Å². The number of hydrogen-bond acceptors (Lipinski definition) is 4. The highest BCUT2D eigenvalue weighted by atomic mass is 16.4. The highest BCUT2D eigenvalue weighted by Gasteiger charge is 2.41. The molecule has 1 aliphatic carbocycles. The molecule has 1 amide bonds. The van der Waals surface area contributed by atoms with Crippen LogP contribution in [0.25, 0.3) is 0 Å². The summed E-state index contributed by atoms with van der Waals surface area (Å²) >= 11 is 0. The summed E-state index contributed by atoms with van der Waals surface area (Å²) in [5.74, 6) is -1.07. The Hall–Kier alpha value is -1.14. The Morgan fingerprint density at radius 1 is 1.20 bits per heavy atom. The fourth-order valence-corrected chi connectivity index (χ4v) is 3.17. The molecule has 0 unspecified atom stereocenters. The van der Waals surface area contributed by atoms with Gasteiger partial charge >= 0.3 is 5.97 Å². The Kier molecular flexibility index (Phi) is 4.99. The molecule has 1 saturated carbocycles. The molecule has 0 aromatic heterocycles. The van der Waals surface area contributed by atoms with Crippen molar-refractivity contribution in [3.05, 3.63) is 0 Å². The van der Waals surface area contributed by atoms with Crippen LogP contribution < -0.4 is 11.1 Å². The normalized spacial score (nSPS) is 24.2. The lowest BCUT2D eigenvalue weighted by atomic mass is 9.81. The van der Waals surface area contributed by atoms with Crippen LogP contribution in [0.15, 0.2) is 0 Å². The summed E-state index contributed by atoms with van der Waals surface area (Å²) in [6.45, 7) is 1.91. The van der Waals surface area contributed by atoms with Crippen LogP contribution in [-0.2, 0) is 9.59 Å². The average Bonchev–Trinajstić information content (AvgIpc) is 2.42. The minimum absolute atomic E-state index is 0.176. The van der Waals surface area contributed by atoms with Crippen molar-refractivity contribution in [1.82, 2.24) is 10.2 Å². The average molecular weight is 283 g/mol. The molecule has 2 fully saturated rings. The van der Waals surface area contributed by atoms with E-state index in [-0.39, 0.29) is 18.5 Å². The van der Waals surface area contributed by atoms with E-state index in [0.29, 0.717) is 12.8 Å². The number of carboxylic acids is 1. The van der Waals surface area contributed by atoms with Gasteiger partial charge in [0.25, 0.3) is 0 Å². The number of carboxylic acid groups (broad SMARTS) is 1. The molecule has 1 aliphatic heterocycles. The van der Waals surface area contributed by atoms with E-state index in [1.165, 1.54) is 0 Å². The maximum absolute atomic E-state index is 12.1. The van der Waals surface area contributed by atoms with E-state index in [9.17, 15) is 14.7 Å². The first-order valence-corrected chi connectivity index (χ1v) is 7.54. The van der Waals surface area contributed by atoms with Gasteiger partial charge in [-0.05, 0) is 25.7 Å². The predicted octanol–water partition coefficient (Wildman–Crippen LogP) is 0.313. The fourth-order valence-electron chi connectivity index (χ4n) is 3.17. The smallest absolute Gasteiger partial charge is 0.329 e. The van der Waals surface area contributed by atoms with Crippen molar-refractivity contribution in [3.63, 3.8) is 0 Å². The maximum atomic E-state index is 12.1. The van der Waals surface area contributed by atoms with E-state index in [1.54, 1.807) is 0 Å². The van der Waals surface area contributed by atoms with Crippen molar-refractivity contribution in [2.24, 2.45) is 5.73 Å². The van der Waals surface area contributed by atoms with Crippen molar-refractivity contribution in [2.75, 3.05) is 19.6 Å². The molecule has 2 aliphatic rings. The summed E-state index contributed by atoms with van der Waals surface area (Å²) < 4.78 is 0. The molecule has 0 aromatic carbocycles. The zero-order valence-electron chi connectivity index (χ0n) is 11.9. The maximum Gasteiger partial charge on any atom is 0.329 e. The van der Waals surface area contributed by atoms with Gasteiger partial charge in [0.2, 0.25) is 5.91 Å². The molecule has 4 N–H and O–H groups in total. The topological polar surface area (TPSA) is 95.7 Å². The van der Waals surface area contributed by atoms with E-state index in [1.807, 2.05) is 0 Å². The third-order valence-electron chi connectivity index (χ3n) is 4.49. The molecule has 0 radical (unpaired) electrons. The van der Waals surface area contributed by atoms with Crippen molar-refractivity contribution >= 4 is 11.9 Å². The number of hydrogen-bond donors (Lipinski definition) is 3. The molecule has 0 atom stereocenters. The highest BCUT2D eigenvalue weighted by molar-refractivity contribution is 5.88. The summed E-state index contributed by atoms with van der Waals surface area (Å²) in [7, 11) is 0. The molecule has 0 bridgehead atoms. The zero-order valence-corrected chi connectivity index (χ0v) is 11.9. The molecule has 6 nitrogen and oxygen atoms in total. The Labute approximate surface area is 119 Å². The number of nitrogens with one attached hydrogen (secondary N) is 1. The molecular weight excluding hydrogens is 258 g/mol. The second-order valence-corrected chi connectivity index (χ2v) is 6.11. The number of carbonyl (C=O) groups excluding carboxylic acids is 1. The second-order valence-electron chi connectivity index (χ2n) is 6.11. The van der Waals surface area contributed by atoms with Crippen LogP contribution in [0, 0.1) is 0 Å². The van der Waals surface area contributed by atoms with Crippen LogP contribution in [0.1, 0.15) is 44.9 Å². The number of nitrogens with zero attached hydrogens (tertiary/aromatic N) is 1. The number of rotatable bonds is 4. The summed E-state index contributed by atoms with van der Waals surface area (Å²) in [6.07, 6.45) is 5.66. The van der Waals surface area contributed by atoms with Crippen molar-refractivity contribution in [2.45, 2.75) is 56.5 Å². The number of aliphatic carboxylic acids is 1. The second kappa shape index (κ2) is 6.54. The zero-order chi connectivity index (χ0) is 14.6. The summed E-state index contributed by atoms with van der Waals surface area (Å²) in [4.78, 5) is 25.7. The van der Waals surface area contributed by atoms with Gasteiger partial charge < -0.3 is 16.2 Å². The molecule has 6 heteroatoms. The van der Waals surface area contributed by atoms with Crippen LogP contribution in [0.2, 0.25) is 0 Å². The lowest BCUT2D eigenvalue weighted by molar-refractivity contribution is -0.149. The summed E-state index contributed by atoms with van der Waals surface area (Å²) in [5, 5.41) is 12.2. The minimum atomic E-state index is -1.04. The van der Waals surface area contributed by atoms with Crippen molar-refractivity contribution in [3.8, 4) is 0 Å². The molecule has 2 rings (SSSR count). The molecule has 1 heterocycles. The lowest BCUT2D eigenvalue weighted by Crippen LogP contribution is -2.57. The number of amides is 1. The van der Waals surface area contributed by atoms with Crippen LogP contribution >= 0.6 is 0 Å². The first-order chi connectivity index (χ1) is 9.52. The van der Waals surface area contributed by atoms with E-state index < -0.39 is 11.5 Å². The van der Waals surface area contributed by atoms with Gasteiger partial charge in [-0.15, -0.1) is 0 Å². The first-order valence-electron chi connectivity index (χ1n) is 7.54. The SMILES string of the molecule is NC1CCN(CC(=O)NC2(C(=O)O)CCCCC2)CC1. The highest BCUT2D eigenvalue weighted by Crippen LogP contribution is 2.28. The van der Waals surface area contributed by atoms with Crippen LogP contribution in [0.5, 0.6) is 0 Å². The minimum Gasteiger partial charge on any atom is -0.480 e. The third kappa shape index (κ3) is 3.70.